The Balaban J connectivity index is 1.90. The van der Waals surface area contributed by atoms with Crippen LogP contribution < -0.4 is 5.32 Å². The molecule has 1 N–H and O–H groups in total. The third-order valence-corrected chi connectivity index (χ3v) is 1.93. The fourth-order valence-electron chi connectivity index (χ4n) is 0.963. The number of rotatable bonds is 6. The molecule has 0 spiro atoms. The van der Waals surface area contributed by atoms with Gasteiger partial charge in [-0.25, -0.2) is 0 Å². The molecule has 0 atom stereocenters. The van der Waals surface area contributed by atoms with Gasteiger partial charge in [0.1, 0.15) is 0 Å². The van der Waals surface area contributed by atoms with Crippen molar-refractivity contribution in [2.75, 3.05) is 26.4 Å². The van der Waals surface area contributed by atoms with Crippen molar-refractivity contribution < 1.29 is 14.3 Å². The van der Waals surface area contributed by atoms with E-state index in [1.165, 1.54) is 0 Å². The van der Waals surface area contributed by atoms with Crippen LogP contribution >= 0.6 is 0 Å². The molecule has 0 aromatic heterocycles. The highest BCUT2D eigenvalue weighted by Crippen LogP contribution is 1.98. The first-order valence-corrected chi connectivity index (χ1v) is 4.79. The molecule has 0 amide bonds. The summed E-state index contributed by atoms with van der Waals surface area (Å²) in [7, 11) is 0. The van der Waals surface area contributed by atoms with Crippen molar-refractivity contribution in [2.45, 2.75) is 25.8 Å². The van der Waals surface area contributed by atoms with E-state index in [0.29, 0.717) is 32.4 Å². The molecular formula is C9H17NO3. The van der Waals surface area contributed by atoms with Gasteiger partial charge < -0.3 is 9.47 Å². The van der Waals surface area contributed by atoms with E-state index in [2.05, 4.69) is 12.2 Å². The molecule has 4 heteroatoms. The summed E-state index contributed by atoms with van der Waals surface area (Å²) in [5.74, 6) is -0.166. The van der Waals surface area contributed by atoms with Crippen molar-refractivity contribution >= 4 is 5.97 Å². The summed E-state index contributed by atoms with van der Waals surface area (Å²) in [6, 6.07) is 0.346. The minimum Gasteiger partial charge on any atom is -0.465 e. The largest absolute Gasteiger partial charge is 0.465 e. The topological polar surface area (TPSA) is 47.6 Å². The van der Waals surface area contributed by atoms with Gasteiger partial charge in [0.15, 0.2) is 0 Å². The van der Waals surface area contributed by atoms with Gasteiger partial charge in [-0.15, -0.1) is 0 Å². The van der Waals surface area contributed by atoms with Gasteiger partial charge >= 0.3 is 5.97 Å². The Morgan fingerprint density at radius 3 is 2.92 bits per heavy atom. The Morgan fingerprint density at radius 2 is 2.38 bits per heavy atom. The van der Waals surface area contributed by atoms with Crippen molar-refractivity contribution in [1.82, 2.24) is 5.32 Å². The summed E-state index contributed by atoms with van der Waals surface area (Å²) in [4.78, 5) is 11.0. The summed E-state index contributed by atoms with van der Waals surface area (Å²) in [5, 5.41) is 3.05. The van der Waals surface area contributed by atoms with Gasteiger partial charge in [-0.2, -0.15) is 0 Å². The number of nitrogens with one attached hydrogen (secondary N) is 1. The van der Waals surface area contributed by atoms with Gasteiger partial charge in [-0.05, 0) is 6.42 Å². The van der Waals surface area contributed by atoms with E-state index < -0.39 is 0 Å². The number of carbonyl (C=O) groups excluding carboxylic acids is 1. The van der Waals surface area contributed by atoms with Crippen LogP contribution in [-0.4, -0.2) is 38.4 Å². The lowest BCUT2D eigenvalue weighted by molar-refractivity contribution is -0.143. The molecule has 4 nitrogen and oxygen atoms in total. The fourth-order valence-corrected chi connectivity index (χ4v) is 0.963. The minimum absolute atomic E-state index is 0.166. The van der Waals surface area contributed by atoms with E-state index in [1.807, 2.05) is 0 Å². The van der Waals surface area contributed by atoms with Gasteiger partial charge in [0.2, 0.25) is 0 Å². The van der Waals surface area contributed by atoms with Crippen molar-refractivity contribution in [3.05, 3.63) is 0 Å². The molecule has 0 aromatic carbocycles. The number of esters is 1. The molecule has 76 valence electrons. The number of hydrogen-bond donors (Lipinski definition) is 1. The highest BCUT2D eigenvalue weighted by atomic mass is 16.5. The third-order valence-electron chi connectivity index (χ3n) is 1.93. The zero-order chi connectivity index (χ0) is 9.52. The number of carbonyl (C=O) groups is 1. The molecule has 0 unspecified atom stereocenters. The van der Waals surface area contributed by atoms with Crippen LogP contribution in [0, 0.1) is 0 Å². The molecule has 0 bridgehead atoms. The van der Waals surface area contributed by atoms with E-state index in [0.717, 1.165) is 12.8 Å². The van der Waals surface area contributed by atoms with E-state index in [1.54, 1.807) is 0 Å². The first-order valence-electron chi connectivity index (χ1n) is 4.79. The fraction of sp³-hybridized carbons (Fsp3) is 0.889. The molecule has 0 radical (unpaired) electrons. The first-order chi connectivity index (χ1) is 6.33. The summed E-state index contributed by atoms with van der Waals surface area (Å²) in [6.45, 7) is 4.33. The second kappa shape index (κ2) is 5.94. The Kier molecular flexibility index (Phi) is 4.78. The minimum atomic E-state index is -0.166. The lowest BCUT2D eigenvalue weighted by Gasteiger charge is -2.26. The summed E-state index contributed by atoms with van der Waals surface area (Å²) in [6.07, 6.45) is 2.00. The lowest BCUT2D eigenvalue weighted by atomic mass is 10.2. The predicted molar refractivity (Wildman–Crippen MR) is 48.5 cm³/mol. The van der Waals surface area contributed by atoms with Gasteiger partial charge in [-0.1, -0.05) is 13.3 Å². The van der Waals surface area contributed by atoms with Crippen LogP contribution in [0.4, 0.5) is 0 Å². The maximum absolute atomic E-state index is 11.0. The second-order valence-electron chi connectivity index (χ2n) is 3.19. The maximum atomic E-state index is 11.0. The highest BCUT2D eigenvalue weighted by Gasteiger charge is 2.18. The second-order valence-corrected chi connectivity index (χ2v) is 3.19. The Labute approximate surface area is 78.6 Å². The molecule has 0 aromatic rings. The SMILES string of the molecule is CCCCOC(=O)CNC1COC1. The maximum Gasteiger partial charge on any atom is 0.319 e. The lowest BCUT2D eigenvalue weighted by Crippen LogP contribution is -2.47. The van der Waals surface area contributed by atoms with Crippen molar-refractivity contribution in [2.24, 2.45) is 0 Å². The summed E-state index contributed by atoms with van der Waals surface area (Å²) in [5.41, 5.74) is 0. The zero-order valence-electron chi connectivity index (χ0n) is 8.04. The van der Waals surface area contributed by atoms with Gasteiger partial charge in [-0.3, -0.25) is 10.1 Å². The van der Waals surface area contributed by atoms with E-state index in [-0.39, 0.29) is 5.97 Å². The first kappa shape index (κ1) is 10.5. The monoisotopic (exact) mass is 187 g/mol. The van der Waals surface area contributed by atoms with Crippen LogP contribution in [0.3, 0.4) is 0 Å². The molecule has 1 heterocycles. The molecule has 1 aliphatic heterocycles. The Morgan fingerprint density at radius 1 is 1.62 bits per heavy atom. The molecule has 0 aliphatic carbocycles. The molecule has 1 fully saturated rings. The molecule has 1 rings (SSSR count). The van der Waals surface area contributed by atoms with Crippen molar-refractivity contribution in [3.8, 4) is 0 Å². The van der Waals surface area contributed by atoms with Crippen LogP contribution in [0.2, 0.25) is 0 Å². The summed E-state index contributed by atoms with van der Waals surface area (Å²) >= 11 is 0. The van der Waals surface area contributed by atoms with Crippen LogP contribution in [0.25, 0.3) is 0 Å². The van der Waals surface area contributed by atoms with E-state index in [9.17, 15) is 4.79 Å². The number of ether oxygens (including phenoxy) is 2. The summed E-state index contributed by atoms with van der Waals surface area (Å²) < 4.78 is 9.91. The van der Waals surface area contributed by atoms with E-state index >= 15 is 0 Å². The number of unbranched alkanes of at least 4 members (excludes halogenated alkanes) is 1. The van der Waals surface area contributed by atoms with Crippen LogP contribution in [0.5, 0.6) is 0 Å². The third kappa shape index (κ3) is 4.24. The smallest absolute Gasteiger partial charge is 0.319 e. The molecule has 1 aliphatic rings. The van der Waals surface area contributed by atoms with E-state index in [4.69, 9.17) is 9.47 Å². The van der Waals surface area contributed by atoms with Gasteiger partial charge in [0.05, 0.1) is 32.4 Å². The average molecular weight is 187 g/mol. The van der Waals surface area contributed by atoms with Crippen LogP contribution in [-0.2, 0) is 14.3 Å². The normalized spacial score (nSPS) is 16.7. The molecule has 13 heavy (non-hydrogen) atoms. The Hall–Kier alpha value is -0.610. The van der Waals surface area contributed by atoms with Crippen LogP contribution in [0.1, 0.15) is 19.8 Å². The van der Waals surface area contributed by atoms with Crippen molar-refractivity contribution in [1.29, 1.82) is 0 Å². The number of hydrogen-bond acceptors (Lipinski definition) is 4. The standard InChI is InChI=1S/C9H17NO3/c1-2-3-4-13-9(11)5-10-8-6-12-7-8/h8,10H,2-7H2,1H3. The molecular weight excluding hydrogens is 170 g/mol. The molecule has 1 saturated heterocycles. The zero-order valence-corrected chi connectivity index (χ0v) is 8.04. The average Bonchev–Trinajstić information content (AvgIpc) is 2.02. The predicted octanol–water partition coefficient (Wildman–Crippen LogP) is 0.318. The Bertz CT molecular complexity index is 157. The molecule has 0 saturated carbocycles. The van der Waals surface area contributed by atoms with Gasteiger partial charge in [0.25, 0.3) is 0 Å². The van der Waals surface area contributed by atoms with Crippen molar-refractivity contribution in [3.63, 3.8) is 0 Å². The van der Waals surface area contributed by atoms with Crippen LogP contribution in [0.15, 0.2) is 0 Å². The highest BCUT2D eigenvalue weighted by molar-refractivity contribution is 5.71. The van der Waals surface area contributed by atoms with Gasteiger partial charge in [0, 0.05) is 0 Å². The quantitative estimate of drug-likeness (QED) is 0.480.